The van der Waals surface area contributed by atoms with Crippen LogP contribution >= 0.6 is 0 Å². The first-order chi connectivity index (χ1) is 8.79. The molecule has 6 nitrogen and oxygen atoms in total. The van der Waals surface area contributed by atoms with E-state index in [1.165, 1.54) is 0 Å². The van der Waals surface area contributed by atoms with Gasteiger partial charge in [0.25, 0.3) is 0 Å². The third kappa shape index (κ3) is 47.9. The van der Waals surface area contributed by atoms with Crippen molar-refractivity contribution in [3.8, 4) is 0 Å². The summed E-state index contributed by atoms with van der Waals surface area (Å²) in [6.45, 7) is 26.5. The average Bonchev–Trinajstić information content (AvgIpc) is 2.49. The Morgan fingerprint density at radius 3 is 1.00 bits per heavy atom. The topological polar surface area (TPSA) is 112 Å². The van der Waals surface area contributed by atoms with Gasteiger partial charge in [0.1, 0.15) is 0 Å². The summed E-state index contributed by atoms with van der Waals surface area (Å²) in [5.74, 6) is 0. The van der Waals surface area contributed by atoms with Gasteiger partial charge in [0.15, 0.2) is 0 Å². The summed E-state index contributed by atoms with van der Waals surface area (Å²) in [5.41, 5.74) is 2.18. The van der Waals surface area contributed by atoms with Gasteiger partial charge < -0.3 is 0 Å². The normalized spacial score (nSPS) is 4.42. The van der Waals surface area contributed by atoms with Crippen LogP contribution in [0.1, 0.15) is 11.4 Å². The number of aryl methyl sites for hydroxylation is 2. The van der Waals surface area contributed by atoms with E-state index in [1.807, 2.05) is 32.0 Å². The van der Waals surface area contributed by atoms with Crippen molar-refractivity contribution < 1.29 is 44.3 Å². The molecule has 19 heavy (non-hydrogen) atoms. The number of hydrogen-bond acceptors (Lipinski definition) is 1. The van der Waals surface area contributed by atoms with E-state index >= 15 is 0 Å². The minimum atomic E-state index is 0. The summed E-state index contributed by atoms with van der Waals surface area (Å²) < 4.78 is 37.5. The van der Waals surface area contributed by atoms with Crippen molar-refractivity contribution in [1.82, 2.24) is 4.98 Å². The maximum Gasteiger partial charge on any atom is 0 e. The van der Waals surface area contributed by atoms with Crippen LogP contribution in [0.2, 0.25) is 0 Å². The molecule has 0 bridgehead atoms. The van der Waals surface area contributed by atoms with E-state index in [1.54, 1.807) is 0 Å². The first-order valence-corrected chi connectivity index (χ1v) is 3.71. The fourth-order valence-electron chi connectivity index (χ4n) is 0.679. The molecule has 0 amide bonds. The van der Waals surface area contributed by atoms with E-state index in [4.69, 9.17) is 23.3 Å². The first kappa shape index (κ1) is 36.0. The van der Waals surface area contributed by atoms with Gasteiger partial charge in [0.05, 0.1) is 0 Å². The Bertz CT molecular complexity index is 316. The van der Waals surface area contributed by atoms with Gasteiger partial charge in [-0.1, -0.05) is 6.07 Å². The van der Waals surface area contributed by atoms with Crippen molar-refractivity contribution in [3.63, 3.8) is 0 Å². The van der Waals surface area contributed by atoms with Crippen LogP contribution < -0.4 is 0 Å². The summed E-state index contributed by atoms with van der Waals surface area (Å²) in [6.07, 6.45) is 0. The summed E-state index contributed by atoms with van der Waals surface area (Å²) in [5, 5.41) is 0. The number of pyridine rings is 1. The Hall–Kier alpha value is -1.46. The summed E-state index contributed by atoms with van der Waals surface area (Å²) >= 11 is 0. The third-order valence-electron chi connectivity index (χ3n) is 1.03. The second kappa shape index (κ2) is 54.8. The molecule has 0 saturated heterocycles. The molecule has 1 rings (SSSR count). The molecule has 0 N–H and O–H groups in total. The SMILES string of the molecule is Cc1cccc(C)n1.[C-]#[O+].[C-]#[O+].[C-]#[O+].[C-]#[O+].[C-]#[O+].[W]. The Morgan fingerprint density at radius 1 is 0.684 bits per heavy atom. The van der Waals surface area contributed by atoms with Crippen LogP contribution in [0.25, 0.3) is 0 Å². The zero-order chi connectivity index (χ0) is 16.0. The molecular formula is C12H9NO5W. The van der Waals surface area contributed by atoms with Gasteiger partial charge in [0, 0.05) is 32.5 Å². The Kier molecular flexibility index (Phi) is 104. The Morgan fingerprint density at radius 2 is 0.895 bits per heavy atom. The molecule has 7 heteroatoms. The van der Waals surface area contributed by atoms with Crippen molar-refractivity contribution in [2.75, 3.05) is 0 Å². The van der Waals surface area contributed by atoms with Crippen LogP contribution in [0.5, 0.6) is 0 Å². The predicted octanol–water partition coefficient (Wildman–Crippen LogP) is 1.51. The molecule has 1 aromatic rings. The van der Waals surface area contributed by atoms with Crippen LogP contribution in [-0.4, -0.2) is 4.98 Å². The van der Waals surface area contributed by atoms with Crippen LogP contribution in [0, 0.1) is 47.1 Å². The predicted molar refractivity (Wildman–Crippen MR) is 53.4 cm³/mol. The zero-order valence-corrected chi connectivity index (χ0v) is 13.1. The quantitative estimate of drug-likeness (QED) is 0.450. The smallest absolute Gasteiger partial charge is 0 e. The van der Waals surface area contributed by atoms with Gasteiger partial charge in [-0.15, -0.1) is 0 Å². The molecule has 0 aliphatic rings. The van der Waals surface area contributed by atoms with Crippen LogP contribution in [0.3, 0.4) is 0 Å². The number of rotatable bonds is 0. The first-order valence-electron chi connectivity index (χ1n) is 3.71. The molecule has 0 unspecified atom stereocenters. The van der Waals surface area contributed by atoms with Crippen molar-refractivity contribution in [1.29, 1.82) is 0 Å². The van der Waals surface area contributed by atoms with E-state index < -0.39 is 0 Å². The van der Waals surface area contributed by atoms with Crippen molar-refractivity contribution in [2.24, 2.45) is 0 Å². The maximum atomic E-state index is 7.50. The monoisotopic (exact) mass is 431 g/mol. The standard InChI is InChI=1S/C7H9N.5CO.W/c1-6-4-3-5-7(2)8-6;5*1-2;/h3-5H,1-2H3;;;;;;. The van der Waals surface area contributed by atoms with Crippen LogP contribution in [0.15, 0.2) is 18.2 Å². The minimum Gasteiger partial charge on any atom is 0 e. The maximum absolute atomic E-state index is 7.50. The molecule has 0 saturated carbocycles. The Balaban J connectivity index is -0.0000000332. The van der Waals surface area contributed by atoms with Gasteiger partial charge in [-0.25, -0.2) is 0 Å². The minimum absolute atomic E-state index is 0. The molecule has 1 heterocycles. The van der Waals surface area contributed by atoms with Crippen molar-refractivity contribution in [2.45, 2.75) is 13.8 Å². The Labute approximate surface area is 126 Å². The summed E-state index contributed by atoms with van der Waals surface area (Å²) in [7, 11) is 0. The molecule has 0 aliphatic heterocycles. The second-order valence-corrected chi connectivity index (χ2v) is 1.92. The molecule has 0 fully saturated rings. The number of aromatic nitrogens is 1. The molecule has 0 radical (unpaired) electrons. The van der Waals surface area contributed by atoms with E-state index in [0.29, 0.717) is 0 Å². The summed E-state index contributed by atoms with van der Waals surface area (Å²) in [6, 6.07) is 6.00. The molecule has 0 spiro atoms. The third-order valence-corrected chi connectivity index (χ3v) is 1.03. The van der Waals surface area contributed by atoms with Gasteiger partial charge in [-0.2, -0.15) is 0 Å². The second-order valence-electron chi connectivity index (χ2n) is 1.92. The largest absolute Gasteiger partial charge is 0 e. The van der Waals surface area contributed by atoms with Crippen molar-refractivity contribution >= 4 is 0 Å². The fourth-order valence-corrected chi connectivity index (χ4v) is 0.679. The number of nitrogens with zero attached hydrogens (tertiary/aromatic N) is 1. The molecule has 98 valence electrons. The molecular weight excluding hydrogens is 422 g/mol. The molecule has 0 atom stereocenters. The van der Waals surface area contributed by atoms with Crippen LogP contribution in [-0.2, 0) is 44.3 Å². The van der Waals surface area contributed by atoms with Crippen LogP contribution in [0.4, 0.5) is 0 Å². The van der Waals surface area contributed by atoms with E-state index in [2.05, 4.69) is 38.2 Å². The average molecular weight is 431 g/mol. The van der Waals surface area contributed by atoms with Gasteiger partial charge in [-0.05, 0) is 26.0 Å². The van der Waals surface area contributed by atoms with Gasteiger partial charge in [0.2, 0.25) is 0 Å². The van der Waals surface area contributed by atoms with E-state index in [-0.39, 0.29) is 21.1 Å². The van der Waals surface area contributed by atoms with Gasteiger partial charge >= 0.3 is 56.5 Å². The van der Waals surface area contributed by atoms with E-state index in [9.17, 15) is 0 Å². The number of hydrogen-bond donors (Lipinski definition) is 0. The molecule has 1 aromatic heterocycles. The fraction of sp³-hybridized carbons (Fsp3) is 0.167. The zero-order valence-electron chi connectivity index (χ0n) is 10.1. The van der Waals surface area contributed by atoms with Gasteiger partial charge in [-0.3, -0.25) is 4.98 Å². The van der Waals surface area contributed by atoms with E-state index in [0.717, 1.165) is 11.4 Å². The molecule has 0 aromatic carbocycles. The summed E-state index contributed by atoms with van der Waals surface area (Å²) in [4.78, 5) is 4.17. The molecule has 0 aliphatic carbocycles. The van der Waals surface area contributed by atoms with Crippen molar-refractivity contribution in [3.05, 3.63) is 62.8 Å².